The number of hydrogen-bond acceptors (Lipinski definition) is 4. The molecule has 1 saturated heterocycles. The molecule has 2 aromatic carbocycles. The van der Waals surface area contributed by atoms with Gasteiger partial charge in [0.25, 0.3) is 5.56 Å². The summed E-state index contributed by atoms with van der Waals surface area (Å²) >= 11 is 5.79. The van der Waals surface area contributed by atoms with Crippen LogP contribution < -0.4 is 10.9 Å². The largest absolute Gasteiger partial charge is 0.379 e. The van der Waals surface area contributed by atoms with E-state index in [9.17, 15) is 4.79 Å². The molecule has 2 N–H and O–H groups in total. The van der Waals surface area contributed by atoms with Crippen LogP contribution in [-0.4, -0.2) is 59.3 Å². The van der Waals surface area contributed by atoms with Gasteiger partial charge in [0.05, 0.1) is 19.8 Å². The number of thiocarbonyl (C=S) groups is 1. The maximum absolute atomic E-state index is 12.9. The first-order chi connectivity index (χ1) is 15.9. The first kappa shape index (κ1) is 23.4. The number of benzene rings is 2. The summed E-state index contributed by atoms with van der Waals surface area (Å²) in [6.07, 6.45) is 0. The van der Waals surface area contributed by atoms with Crippen molar-refractivity contribution in [3.8, 4) is 0 Å². The smallest absolute Gasteiger partial charge is 0.253 e. The Hall–Kier alpha value is -2.74. The second kappa shape index (κ2) is 10.5. The molecule has 0 spiro atoms. The number of fused-ring (bicyclic) bond motifs is 1. The van der Waals surface area contributed by atoms with E-state index in [0.29, 0.717) is 17.2 Å². The molecule has 2 heterocycles. The normalized spacial score (nSPS) is 14.4. The van der Waals surface area contributed by atoms with Gasteiger partial charge in [-0.3, -0.25) is 9.69 Å². The van der Waals surface area contributed by atoms with Gasteiger partial charge < -0.3 is 19.9 Å². The van der Waals surface area contributed by atoms with Gasteiger partial charge in [-0.05, 0) is 79.8 Å². The second-order valence-electron chi connectivity index (χ2n) is 8.82. The molecule has 1 fully saturated rings. The van der Waals surface area contributed by atoms with E-state index in [0.717, 1.165) is 56.0 Å². The highest BCUT2D eigenvalue weighted by Gasteiger charge is 2.17. The van der Waals surface area contributed by atoms with Gasteiger partial charge >= 0.3 is 0 Å². The number of aromatic nitrogens is 1. The van der Waals surface area contributed by atoms with Crippen LogP contribution in [0.2, 0.25) is 0 Å². The number of ether oxygens (including phenoxy) is 1. The van der Waals surface area contributed by atoms with E-state index in [4.69, 9.17) is 17.0 Å². The number of rotatable bonds is 6. The van der Waals surface area contributed by atoms with Crippen LogP contribution in [0.3, 0.4) is 0 Å². The van der Waals surface area contributed by atoms with Crippen molar-refractivity contribution < 1.29 is 4.74 Å². The van der Waals surface area contributed by atoms with Crippen molar-refractivity contribution in [2.75, 3.05) is 44.7 Å². The van der Waals surface area contributed by atoms with E-state index >= 15 is 0 Å². The Balaban J connectivity index is 1.56. The number of morpholine rings is 1. The van der Waals surface area contributed by atoms with E-state index in [-0.39, 0.29) is 5.56 Å². The highest BCUT2D eigenvalue weighted by Crippen LogP contribution is 2.18. The molecule has 0 atom stereocenters. The molecule has 3 aromatic rings. The summed E-state index contributed by atoms with van der Waals surface area (Å²) in [5.74, 6) is 0. The molecule has 33 heavy (non-hydrogen) atoms. The third-order valence-electron chi connectivity index (χ3n) is 6.28. The average molecular weight is 465 g/mol. The van der Waals surface area contributed by atoms with Crippen molar-refractivity contribution >= 4 is 33.9 Å². The van der Waals surface area contributed by atoms with Gasteiger partial charge in [0.1, 0.15) is 0 Å². The van der Waals surface area contributed by atoms with Crippen LogP contribution in [0.1, 0.15) is 22.3 Å². The fraction of sp³-hybridized carbons (Fsp3) is 0.385. The molecule has 174 valence electrons. The lowest BCUT2D eigenvalue weighted by atomic mass is 10.0. The number of hydrogen-bond donors (Lipinski definition) is 2. The number of H-pyrrole nitrogens is 1. The van der Waals surface area contributed by atoms with E-state index in [1.165, 1.54) is 16.7 Å². The number of aromatic amines is 1. The lowest BCUT2D eigenvalue weighted by Crippen LogP contribution is -2.44. The Morgan fingerprint density at radius 2 is 1.79 bits per heavy atom. The Morgan fingerprint density at radius 1 is 1.09 bits per heavy atom. The molecule has 0 amide bonds. The van der Waals surface area contributed by atoms with Crippen LogP contribution in [0.25, 0.3) is 10.9 Å². The summed E-state index contributed by atoms with van der Waals surface area (Å²) in [5.41, 5.74) is 6.03. The average Bonchev–Trinajstić information content (AvgIpc) is 2.80. The minimum Gasteiger partial charge on any atom is -0.379 e. The van der Waals surface area contributed by atoms with Crippen molar-refractivity contribution in [2.45, 2.75) is 27.3 Å². The van der Waals surface area contributed by atoms with E-state index in [1.54, 1.807) is 0 Å². The fourth-order valence-electron chi connectivity index (χ4n) is 4.02. The van der Waals surface area contributed by atoms with Gasteiger partial charge in [0, 0.05) is 42.9 Å². The summed E-state index contributed by atoms with van der Waals surface area (Å²) < 4.78 is 5.47. The minimum absolute atomic E-state index is 0.0692. The minimum atomic E-state index is -0.0692. The third-order valence-corrected chi connectivity index (χ3v) is 6.64. The molecule has 4 rings (SSSR count). The lowest BCUT2D eigenvalue weighted by Gasteiger charge is -2.31. The number of aryl methyl sites for hydroxylation is 3. The quantitative estimate of drug-likeness (QED) is 0.538. The summed E-state index contributed by atoms with van der Waals surface area (Å²) in [6.45, 7) is 11.6. The molecule has 7 heteroatoms. The van der Waals surface area contributed by atoms with Crippen molar-refractivity contribution in [3.63, 3.8) is 0 Å². The van der Waals surface area contributed by atoms with E-state index < -0.39 is 0 Å². The van der Waals surface area contributed by atoms with Crippen LogP contribution in [0.15, 0.2) is 47.3 Å². The molecule has 0 unspecified atom stereocenters. The topological polar surface area (TPSA) is 60.6 Å². The van der Waals surface area contributed by atoms with Crippen LogP contribution in [0.5, 0.6) is 0 Å². The first-order valence-electron chi connectivity index (χ1n) is 11.4. The van der Waals surface area contributed by atoms with E-state index in [1.807, 2.05) is 24.3 Å². The highest BCUT2D eigenvalue weighted by atomic mass is 32.1. The zero-order chi connectivity index (χ0) is 23.4. The Labute approximate surface area is 200 Å². The molecule has 1 aliphatic heterocycles. The van der Waals surface area contributed by atoms with Gasteiger partial charge in [-0.1, -0.05) is 17.7 Å². The predicted molar refractivity (Wildman–Crippen MR) is 139 cm³/mol. The van der Waals surface area contributed by atoms with Crippen molar-refractivity contribution in [3.05, 3.63) is 75.1 Å². The molecular formula is C26H32N4O2S. The molecule has 0 radical (unpaired) electrons. The summed E-state index contributed by atoms with van der Waals surface area (Å²) in [6, 6.07) is 14.3. The number of pyridine rings is 1. The van der Waals surface area contributed by atoms with E-state index in [2.05, 4.69) is 59.1 Å². The molecule has 1 aromatic heterocycles. The van der Waals surface area contributed by atoms with Gasteiger partial charge in [0.15, 0.2) is 5.11 Å². The summed E-state index contributed by atoms with van der Waals surface area (Å²) in [5, 5.41) is 5.01. The molecule has 0 aliphatic carbocycles. The number of nitrogens with zero attached hydrogens (tertiary/aromatic N) is 2. The molecule has 1 aliphatic rings. The third kappa shape index (κ3) is 5.99. The first-order valence-corrected chi connectivity index (χ1v) is 11.9. The van der Waals surface area contributed by atoms with Gasteiger partial charge in [0.2, 0.25) is 0 Å². The van der Waals surface area contributed by atoms with Crippen LogP contribution in [-0.2, 0) is 11.3 Å². The molecule has 0 saturated carbocycles. The number of nitrogens with one attached hydrogen (secondary N) is 2. The number of anilines is 1. The zero-order valence-electron chi connectivity index (χ0n) is 19.6. The highest BCUT2D eigenvalue weighted by molar-refractivity contribution is 7.80. The van der Waals surface area contributed by atoms with Crippen LogP contribution in [0.4, 0.5) is 5.69 Å². The van der Waals surface area contributed by atoms with Crippen molar-refractivity contribution in [1.29, 1.82) is 0 Å². The maximum atomic E-state index is 12.9. The Kier molecular flexibility index (Phi) is 7.42. The lowest BCUT2D eigenvalue weighted by molar-refractivity contribution is 0.0358. The molecule has 0 bridgehead atoms. The SMILES string of the molecule is Cc1ccc(NC(=S)N(CCN2CCOCC2)Cc2cc3cc(C)c(C)cc3[nH]c2=O)cc1. The summed E-state index contributed by atoms with van der Waals surface area (Å²) in [7, 11) is 0. The Bertz CT molecular complexity index is 1180. The monoisotopic (exact) mass is 464 g/mol. The second-order valence-corrected chi connectivity index (χ2v) is 9.21. The van der Waals surface area contributed by atoms with Gasteiger partial charge in [-0.2, -0.15) is 0 Å². The molecule has 6 nitrogen and oxygen atoms in total. The van der Waals surface area contributed by atoms with Gasteiger partial charge in [-0.15, -0.1) is 0 Å². The van der Waals surface area contributed by atoms with Crippen LogP contribution in [0, 0.1) is 20.8 Å². The summed E-state index contributed by atoms with van der Waals surface area (Å²) in [4.78, 5) is 20.4. The molecular weight excluding hydrogens is 432 g/mol. The fourth-order valence-corrected chi connectivity index (χ4v) is 4.30. The predicted octanol–water partition coefficient (Wildman–Crippen LogP) is 3.98. The van der Waals surface area contributed by atoms with Crippen molar-refractivity contribution in [2.24, 2.45) is 0 Å². The Morgan fingerprint density at radius 3 is 2.52 bits per heavy atom. The van der Waals surface area contributed by atoms with Gasteiger partial charge in [-0.25, -0.2) is 0 Å². The van der Waals surface area contributed by atoms with Crippen LogP contribution >= 0.6 is 12.2 Å². The zero-order valence-corrected chi connectivity index (χ0v) is 20.4. The maximum Gasteiger partial charge on any atom is 0.253 e. The van der Waals surface area contributed by atoms with Crippen molar-refractivity contribution in [1.82, 2.24) is 14.8 Å². The standard InChI is InChI=1S/C26H32N4O2S/c1-18-4-6-23(7-5-18)27-26(33)30(9-8-29-10-12-32-13-11-29)17-22-16-21-14-19(2)20(3)15-24(21)28-25(22)31/h4-7,14-16H,8-13,17H2,1-3H3,(H,27,33)(H,28,31).